The van der Waals surface area contributed by atoms with Crippen LogP contribution in [0.1, 0.15) is 12.0 Å². The van der Waals surface area contributed by atoms with Crippen LogP contribution in [0.4, 0.5) is 0 Å². The molecule has 0 radical (unpaired) electrons. The Bertz CT molecular complexity index is 551. The summed E-state index contributed by atoms with van der Waals surface area (Å²) < 4.78 is 0. The smallest absolute Gasteiger partial charge is 0.229 e. The molecule has 2 N–H and O–H groups in total. The zero-order chi connectivity index (χ0) is 15.8. The Morgan fingerprint density at radius 3 is 2.86 bits per heavy atom. The third kappa shape index (κ3) is 5.61. The van der Waals surface area contributed by atoms with Crippen molar-refractivity contribution in [3.05, 3.63) is 35.6 Å². The molecule has 21 heavy (non-hydrogen) atoms. The number of aromatic nitrogens is 1. The number of hydrogen-bond acceptors (Lipinski definition) is 6. The van der Waals surface area contributed by atoms with Crippen molar-refractivity contribution in [2.45, 2.75) is 6.42 Å². The Hall–Kier alpha value is -1.18. The van der Waals surface area contributed by atoms with Gasteiger partial charge in [0.15, 0.2) is 5.17 Å². The van der Waals surface area contributed by atoms with Crippen molar-refractivity contribution in [2.24, 2.45) is 10.9 Å². The van der Waals surface area contributed by atoms with Gasteiger partial charge in [-0.25, -0.2) is 0 Å². The molecule has 0 unspecified atom stereocenters. The third-order valence-corrected chi connectivity index (χ3v) is 4.40. The summed E-state index contributed by atoms with van der Waals surface area (Å²) in [4.78, 5) is 18.1. The molecule has 1 rings (SSSR count). The standard InChI is InChI=1S/C13H17ClN4OS2/c1-9(10-6-11(14)8-16-7-10)21-13(17-15)18(2)12(19)4-5-20-3/h6-8H,1,4-5,15H2,2-3H3/b17-13-. The molecular weight excluding hydrogens is 328 g/mol. The van der Waals surface area contributed by atoms with Crippen LogP contribution in [0, 0.1) is 0 Å². The van der Waals surface area contributed by atoms with E-state index in [9.17, 15) is 4.79 Å². The Labute approximate surface area is 138 Å². The first-order valence-electron chi connectivity index (χ1n) is 6.00. The molecule has 1 aromatic rings. The minimum Gasteiger partial charge on any atom is -0.321 e. The number of nitrogens with zero attached hydrogens (tertiary/aromatic N) is 3. The predicted molar refractivity (Wildman–Crippen MR) is 93.3 cm³/mol. The van der Waals surface area contributed by atoms with E-state index >= 15 is 0 Å². The number of hydrazone groups is 1. The summed E-state index contributed by atoms with van der Waals surface area (Å²) in [7, 11) is 1.64. The van der Waals surface area contributed by atoms with E-state index in [2.05, 4.69) is 16.7 Å². The van der Waals surface area contributed by atoms with E-state index in [1.54, 1.807) is 37.3 Å². The number of amides is 1. The molecule has 0 atom stereocenters. The summed E-state index contributed by atoms with van der Waals surface area (Å²) in [5.41, 5.74) is 0.763. The summed E-state index contributed by atoms with van der Waals surface area (Å²) in [6.07, 6.45) is 5.57. The lowest BCUT2D eigenvalue weighted by molar-refractivity contribution is -0.125. The molecule has 0 saturated heterocycles. The molecule has 0 saturated carbocycles. The largest absolute Gasteiger partial charge is 0.321 e. The molecule has 1 heterocycles. The molecule has 8 heteroatoms. The highest BCUT2D eigenvalue weighted by molar-refractivity contribution is 8.21. The number of amidine groups is 1. The quantitative estimate of drug-likeness (QED) is 0.385. The highest BCUT2D eigenvalue weighted by atomic mass is 35.5. The van der Waals surface area contributed by atoms with Crippen molar-refractivity contribution in [3.8, 4) is 0 Å². The van der Waals surface area contributed by atoms with E-state index in [1.807, 2.05) is 6.26 Å². The van der Waals surface area contributed by atoms with Gasteiger partial charge in [-0.3, -0.25) is 14.7 Å². The molecule has 0 aliphatic heterocycles. The first-order valence-corrected chi connectivity index (χ1v) is 8.59. The highest BCUT2D eigenvalue weighted by Gasteiger charge is 2.17. The van der Waals surface area contributed by atoms with Gasteiger partial charge in [-0.05, 0) is 24.1 Å². The topological polar surface area (TPSA) is 71.6 Å². The van der Waals surface area contributed by atoms with Crippen LogP contribution in [0.2, 0.25) is 5.02 Å². The van der Waals surface area contributed by atoms with Crippen molar-refractivity contribution in [1.29, 1.82) is 0 Å². The Morgan fingerprint density at radius 1 is 1.57 bits per heavy atom. The monoisotopic (exact) mass is 344 g/mol. The lowest BCUT2D eigenvalue weighted by atomic mass is 10.3. The fourth-order valence-corrected chi connectivity index (χ4v) is 2.67. The number of carbonyl (C=O) groups excluding carboxylic acids is 1. The Kier molecular flexibility index (Phi) is 7.63. The van der Waals surface area contributed by atoms with E-state index in [4.69, 9.17) is 17.4 Å². The Morgan fingerprint density at radius 2 is 2.29 bits per heavy atom. The number of carbonyl (C=O) groups is 1. The zero-order valence-corrected chi connectivity index (χ0v) is 14.3. The Balaban J connectivity index is 2.74. The zero-order valence-electron chi connectivity index (χ0n) is 11.9. The maximum atomic E-state index is 12.0. The van der Waals surface area contributed by atoms with E-state index < -0.39 is 0 Å². The van der Waals surface area contributed by atoms with Crippen LogP contribution in [0.3, 0.4) is 0 Å². The van der Waals surface area contributed by atoms with Gasteiger partial charge in [0.05, 0.1) is 5.02 Å². The minimum atomic E-state index is -0.0435. The maximum absolute atomic E-state index is 12.0. The highest BCUT2D eigenvalue weighted by Crippen LogP contribution is 2.28. The summed E-state index contributed by atoms with van der Waals surface area (Å²) >= 11 is 8.71. The van der Waals surface area contributed by atoms with Crippen LogP contribution < -0.4 is 5.84 Å². The van der Waals surface area contributed by atoms with Crippen LogP contribution in [-0.2, 0) is 4.79 Å². The average molecular weight is 345 g/mol. The summed E-state index contributed by atoms with van der Waals surface area (Å²) in [6, 6.07) is 1.74. The molecular formula is C13H17ClN4OS2. The predicted octanol–water partition coefficient (Wildman–Crippen LogP) is 2.88. The van der Waals surface area contributed by atoms with Gasteiger partial charge in [-0.1, -0.05) is 18.2 Å². The molecule has 1 aromatic heterocycles. The molecule has 0 aliphatic carbocycles. The second-order valence-electron chi connectivity index (χ2n) is 4.02. The van der Waals surface area contributed by atoms with E-state index in [0.29, 0.717) is 21.5 Å². The first-order chi connectivity index (χ1) is 9.99. The minimum absolute atomic E-state index is 0.0435. The number of rotatable bonds is 5. The van der Waals surface area contributed by atoms with Crippen molar-refractivity contribution in [2.75, 3.05) is 19.1 Å². The van der Waals surface area contributed by atoms with Crippen LogP contribution in [0.5, 0.6) is 0 Å². The van der Waals surface area contributed by atoms with Gasteiger partial charge in [0.2, 0.25) is 5.91 Å². The SMILES string of the molecule is C=C(S/C(=N\N)N(C)C(=O)CCSC)c1cncc(Cl)c1. The van der Waals surface area contributed by atoms with Gasteiger partial charge in [0.25, 0.3) is 0 Å². The number of halogens is 1. The second kappa shape index (κ2) is 8.96. The van der Waals surface area contributed by atoms with Crippen molar-refractivity contribution in [3.63, 3.8) is 0 Å². The van der Waals surface area contributed by atoms with Crippen LogP contribution >= 0.6 is 35.1 Å². The fourth-order valence-electron chi connectivity index (χ4n) is 1.38. The molecule has 0 bridgehead atoms. The van der Waals surface area contributed by atoms with Gasteiger partial charge in [0, 0.05) is 42.1 Å². The van der Waals surface area contributed by atoms with Crippen molar-refractivity contribution in [1.82, 2.24) is 9.88 Å². The number of nitrogens with two attached hydrogens (primary N) is 1. The summed E-state index contributed by atoms with van der Waals surface area (Å²) in [5.74, 6) is 6.09. The van der Waals surface area contributed by atoms with Crippen molar-refractivity contribution >= 4 is 51.1 Å². The number of thioether (sulfide) groups is 2. The molecule has 0 spiro atoms. The molecule has 114 valence electrons. The van der Waals surface area contributed by atoms with Crippen LogP contribution in [0.25, 0.3) is 4.91 Å². The number of hydrogen-bond donors (Lipinski definition) is 1. The summed E-state index contributed by atoms with van der Waals surface area (Å²) in [6.45, 7) is 3.94. The van der Waals surface area contributed by atoms with Crippen LogP contribution in [-0.4, -0.2) is 40.0 Å². The molecule has 0 aliphatic rings. The third-order valence-electron chi connectivity index (χ3n) is 2.53. The van der Waals surface area contributed by atoms with E-state index in [0.717, 1.165) is 11.3 Å². The average Bonchev–Trinajstić information content (AvgIpc) is 2.49. The van der Waals surface area contributed by atoms with Gasteiger partial charge in [-0.2, -0.15) is 16.9 Å². The van der Waals surface area contributed by atoms with Gasteiger partial charge in [-0.15, -0.1) is 0 Å². The summed E-state index contributed by atoms with van der Waals surface area (Å²) in [5, 5.41) is 4.57. The van der Waals surface area contributed by atoms with E-state index in [1.165, 1.54) is 16.7 Å². The number of pyridine rings is 1. The fraction of sp³-hybridized carbons (Fsp3) is 0.308. The maximum Gasteiger partial charge on any atom is 0.229 e. The molecule has 5 nitrogen and oxygen atoms in total. The van der Waals surface area contributed by atoms with Crippen molar-refractivity contribution < 1.29 is 4.79 Å². The van der Waals surface area contributed by atoms with Gasteiger partial charge >= 0.3 is 0 Å². The molecule has 1 amide bonds. The van der Waals surface area contributed by atoms with Crippen LogP contribution in [0.15, 0.2) is 30.1 Å². The van der Waals surface area contributed by atoms with Gasteiger partial charge < -0.3 is 5.84 Å². The molecule has 0 aromatic carbocycles. The lowest BCUT2D eigenvalue weighted by Crippen LogP contribution is -2.32. The van der Waals surface area contributed by atoms with Gasteiger partial charge in [0.1, 0.15) is 0 Å². The lowest BCUT2D eigenvalue weighted by Gasteiger charge is -2.18. The molecule has 0 fully saturated rings. The second-order valence-corrected chi connectivity index (χ2v) is 6.51. The first kappa shape index (κ1) is 17.9. The van der Waals surface area contributed by atoms with E-state index in [-0.39, 0.29) is 5.91 Å². The normalized spacial score (nSPS) is 11.3.